The van der Waals surface area contributed by atoms with E-state index in [1.54, 1.807) is 17.8 Å². The number of aliphatic hydroxyl groups is 1. The number of aliphatic hydroxyl groups excluding tert-OH is 1. The number of benzene rings is 1. The molecule has 1 aromatic carbocycles. The van der Waals surface area contributed by atoms with Crippen molar-refractivity contribution in [3.05, 3.63) is 28.2 Å². The summed E-state index contributed by atoms with van der Waals surface area (Å²) < 4.78 is 0. The molecule has 114 valence electrons. The zero-order valence-electron chi connectivity index (χ0n) is 12.1. The van der Waals surface area contributed by atoms with E-state index in [1.165, 1.54) is 0 Å². The van der Waals surface area contributed by atoms with E-state index in [2.05, 4.69) is 19.2 Å². The van der Waals surface area contributed by atoms with Crippen LogP contribution in [0.25, 0.3) is 0 Å². The van der Waals surface area contributed by atoms with Gasteiger partial charge in [-0.05, 0) is 56.7 Å². The Labute approximate surface area is 136 Å². The minimum absolute atomic E-state index is 0.162. The molecule has 0 saturated heterocycles. The average Bonchev–Trinajstić information content (AvgIpc) is 2.45. The van der Waals surface area contributed by atoms with Crippen molar-refractivity contribution in [2.75, 3.05) is 18.9 Å². The Morgan fingerprint density at radius 3 is 2.75 bits per heavy atom. The molecule has 2 N–H and O–H groups in total. The largest absolute Gasteiger partial charge is 0.394 e. The third kappa shape index (κ3) is 6.23. The van der Waals surface area contributed by atoms with E-state index in [0.717, 1.165) is 41.5 Å². The Morgan fingerprint density at radius 2 is 2.10 bits per heavy atom. The minimum Gasteiger partial charge on any atom is -0.394 e. The quantitative estimate of drug-likeness (QED) is 0.510. The Hall–Kier alpha value is 0.0700. The first-order valence-electron chi connectivity index (χ1n) is 6.94. The van der Waals surface area contributed by atoms with Crippen LogP contribution in [0.5, 0.6) is 0 Å². The maximum absolute atomic E-state index is 9.50. The van der Waals surface area contributed by atoms with Crippen molar-refractivity contribution in [3.63, 3.8) is 0 Å². The van der Waals surface area contributed by atoms with Gasteiger partial charge in [0, 0.05) is 15.5 Å². The first-order valence-corrected chi connectivity index (χ1v) is 8.68. The molecule has 0 radical (unpaired) electrons. The van der Waals surface area contributed by atoms with Crippen molar-refractivity contribution in [1.82, 2.24) is 5.32 Å². The predicted molar refractivity (Wildman–Crippen MR) is 90.2 cm³/mol. The standard InChI is InChI=1S/C15H23Cl2NOS/c1-3-8-18-15(2,11-19)7-4-9-20-14-10-12(16)5-6-13(14)17/h5-6,10,18-19H,3-4,7-9,11H2,1-2H3. The van der Waals surface area contributed by atoms with Gasteiger partial charge in [-0.25, -0.2) is 0 Å². The molecule has 5 heteroatoms. The Morgan fingerprint density at radius 1 is 1.35 bits per heavy atom. The summed E-state index contributed by atoms with van der Waals surface area (Å²) in [6, 6.07) is 5.52. The van der Waals surface area contributed by atoms with E-state index in [0.29, 0.717) is 5.02 Å². The molecule has 1 unspecified atom stereocenters. The molecular formula is C15H23Cl2NOS. The van der Waals surface area contributed by atoms with Crippen LogP contribution in [0.4, 0.5) is 0 Å². The molecule has 0 fully saturated rings. The van der Waals surface area contributed by atoms with Crippen LogP contribution >= 0.6 is 35.0 Å². The van der Waals surface area contributed by atoms with Crippen molar-refractivity contribution in [3.8, 4) is 0 Å². The monoisotopic (exact) mass is 335 g/mol. The van der Waals surface area contributed by atoms with Gasteiger partial charge < -0.3 is 10.4 Å². The summed E-state index contributed by atoms with van der Waals surface area (Å²) in [7, 11) is 0. The fourth-order valence-corrected chi connectivity index (χ4v) is 3.33. The van der Waals surface area contributed by atoms with Gasteiger partial charge in [0.1, 0.15) is 0 Å². The van der Waals surface area contributed by atoms with Crippen LogP contribution in [0, 0.1) is 0 Å². The second-order valence-corrected chi connectivity index (χ2v) is 7.15. The molecule has 0 aliphatic rings. The summed E-state index contributed by atoms with van der Waals surface area (Å²) in [5.41, 5.74) is -0.186. The fraction of sp³-hybridized carbons (Fsp3) is 0.600. The summed E-state index contributed by atoms with van der Waals surface area (Å²) >= 11 is 13.8. The lowest BCUT2D eigenvalue weighted by atomic mass is 9.97. The lowest BCUT2D eigenvalue weighted by molar-refractivity contribution is 0.165. The van der Waals surface area contributed by atoms with Crippen molar-refractivity contribution in [2.45, 2.75) is 43.5 Å². The summed E-state index contributed by atoms with van der Waals surface area (Å²) in [4.78, 5) is 1.02. The highest BCUT2D eigenvalue weighted by Crippen LogP contribution is 2.30. The van der Waals surface area contributed by atoms with Crippen LogP contribution in [0.2, 0.25) is 10.0 Å². The van der Waals surface area contributed by atoms with E-state index < -0.39 is 0 Å². The van der Waals surface area contributed by atoms with Gasteiger partial charge in [-0.1, -0.05) is 30.1 Å². The summed E-state index contributed by atoms with van der Waals surface area (Å²) in [5, 5.41) is 14.4. The molecular weight excluding hydrogens is 313 g/mol. The maximum Gasteiger partial charge on any atom is 0.0610 e. The number of halogens is 2. The highest BCUT2D eigenvalue weighted by molar-refractivity contribution is 7.99. The molecule has 1 aromatic rings. The molecule has 0 saturated carbocycles. The molecule has 0 heterocycles. The molecule has 0 amide bonds. The molecule has 0 bridgehead atoms. The van der Waals surface area contributed by atoms with E-state index in [-0.39, 0.29) is 12.1 Å². The van der Waals surface area contributed by atoms with Gasteiger partial charge in [-0.15, -0.1) is 11.8 Å². The zero-order valence-corrected chi connectivity index (χ0v) is 14.4. The number of hydrogen-bond acceptors (Lipinski definition) is 3. The van der Waals surface area contributed by atoms with Crippen LogP contribution in [0.3, 0.4) is 0 Å². The van der Waals surface area contributed by atoms with E-state index >= 15 is 0 Å². The third-order valence-electron chi connectivity index (χ3n) is 3.17. The predicted octanol–water partition coefficient (Wildman–Crippen LogP) is 4.62. The topological polar surface area (TPSA) is 32.3 Å². The lowest BCUT2D eigenvalue weighted by Gasteiger charge is -2.28. The number of nitrogens with one attached hydrogen (secondary N) is 1. The average molecular weight is 336 g/mol. The minimum atomic E-state index is -0.186. The second-order valence-electron chi connectivity index (χ2n) is 5.17. The van der Waals surface area contributed by atoms with Gasteiger partial charge in [0.15, 0.2) is 0 Å². The van der Waals surface area contributed by atoms with Crippen LogP contribution in [-0.2, 0) is 0 Å². The first kappa shape index (κ1) is 18.1. The van der Waals surface area contributed by atoms with Gasteiger partial charge in [0.05, 0.1) is 11.6 Å². The van der Waals surface area contributed by atoms with E-state index in [4.69, 9.17) is 23.2 Å². The van der Waals surface area contributed by atoms with Crippen LogP contribution < -0.4 is 5.32 Å². The molecule has 20 heavy (non-hydrogen) atoms. The smallest absolute Gasteiger partial charge is 0.0610 e. The molecule has 0 aromatic heterocycles. The SMILES string of the molecule is CCCNC(C)(CO)CCCSc1cc(Cl)ccc1Cl. The highest BCUT2D eigenvalue weighted by atomic mass is 35.5. The fourth-order valence-electron chi connectivity index (χ4n) is 1.88. The highest BCUT2D eigenvalue weighted by Gasteiger charge is 2.21. The third-order valence-corrected chi connectivity index (χ3v) is 4.99. The van der Waals surface area contributed by atoms with Crippen molar-refractivity contribution in [1.29, 1.82) is 0 Å². The molecule has 0 aliphatic heterocycles. The van der Waals surface area contributed by atoms with Gasteiger partial charge in [-0.3, -0.25) is 0 Å². The second kappa shape index (κ2) is 9.16. The molecule has 0 aliphatic carbocycles. The zero-order chi connectivity index (χ0) is 15.0. The van der Waals surface area contributed by atoms with Gasteiger partial charge in [-0.2, -0.15) is 0 Å². The number of rotatable bonds is 9. The Bertz CT molecular complexity index is 417. The number of hydrogen-bond donors (Lipinski definition) is 2. The molecule has 0 spiro atoms. The van der Waals surface area contributed by atoms with Gasteiger partial charge in [0.2, 0.25) is 0 Å². The Balaban J connectivity index is 2.38. The normalized spacial score (nSPS) is 14.2. The van der Waals surface area contributed by atoms with Crippen molar-refractivity contribution < 1.29 is 5.11 Å². The maximum atomic E-state index is 9.50. The van der Waals surface area contributed by atoms with Crippen molar-refractivity contribution in [2.24, 2.45) is 0 Å². The summed E-state index contributed by atoms with van der Waals surface area (Å²) in [6.07, 6.45) is 3.03. The first-order chi connectivity index (χ1) is 9.50. The van der Waals surface area contributed by atoms with E-state index in [1.807, 2.05) is 12.1 Å². The summed E-state index contributed by atoms with van der Waals surface area (Å²) in [5.74, 6) is 0.962. The molecule has 1 atom stereocenters. The number of thioether (sulfide) groups is 1. The lowest BCUT2D eigenvalue weighted by Crippen LogP contribution is -2.46. The Kier molecular flexibility index (Phi) is 8.30. The summed E-state index contributed by atoms with van der Waals surface area (Å²) in [6.45, 7) is 5.29. The van der Waals surface area contributed by atoms with Crippen molar-refractivity contribution >= 4 is 35.0 Å². The molecule has 2 nitrogen and oxygen atoms in total. The van der Waals surface area contributed by atoms with Gasteiger partial charge >= 0.3 is 0 Å². The van der Waals surface area contributed by atoms with Crippen LogP contribution in [-0.4, -0.2) is 29.5 Å². The molecule has 1 rings (SSSR count). The van der Waals surface area contributed by atoms with Gasteiger partial charge in [0.25, 0.3) is 0 Å². The van der Waals surface area contributed by atoms with E-state index in [9.17, 15) is 5.11 Å². The van der Waals surface area contributed by atoms with Crippen LogP contribution in [0.15, 0.2) is 23.1 Å². The van der Waals surface area contributed by atoms with Crippen LogP contribution in [0.1, 0.15) is 33.1 Å².